The van der Waals surface area contributed by atoms with Gasteiger partial charge in [-0.2, -0.15) is 0 Å². The van der Waals surface area contributed by atoms with Crippen LogP contribution in [0.1, 0.15) is 0 Å². The Kier molecular flexibility index (Phi) is 1.88. The molecule has 0 spiro atoms. The molecule has 0 radical (unpaired) electrons. The minimum absolute atomic E-state index is 0.208. The Morgan fingerprint density at radius 1 is 1.07 bits per heavy atom. The summed E-state index contributed by atoms with van der Waals surface area (Å²) in [6, 6.07) is 8.22. The Hall–Kier alpha value is -1.15. The first kappa shape index (κ1) is 8.18. The Bertz CT molecular complexity index is 370. The van der Waals surface area contributed by atoms with Gasteiger partial charge in [0.25, 0.3) is 0 Å². The number of hydrogen-bond acceptors (Lipinski definition) is 2. The minimum Gasteiger partial charge on any atom is -0.484 e. The lowest BCUT2D eigenvalue weighted by molar-refractivity contribution is 0.244. The number of fused-ring (bicyclic) bond motifs is 2. The summed E-state index contributed by atoms with van der Waals surface area (Å²) in [5.41, 5.74) is 0. The van der Waals surface area contributed by atoms with Gasteiger partial charge in [0.2, 0.25) is 0 Å². The van der Waals surface area contributed by atoms with Crippen LogP contribution in [0.2, 0.25) is 0 Å². The van der Waals surface area contributed by atoms with E-state index in [2.05, 4.69) is 36.4 Å². The molecule has 0 aromatic heterocycles. The molecule has 14 heavy (non-hydrogen) atoms. The number of hydrogen-bond donors (Lipinski definition) is 0. The number of para-hydroxylation sites is 1. The van der Waals surface area contributed by atoms with Gasteiger partial charge >= 0.3 is 0 Å². The second-order valence-corrected chi connectivity index (χ2v) is 4.60. The van der Waals surface area contributed by atoms with Crippen LogP contribution in [0.3, 0.4) is 0 Å². The van der Waals surface area contributed by atoms with Crippen molar-refractivity contribution in [2.75, 3.05) is 0 Å². The number of ether oxygens (including phenoxy) is 1. The number of benzene rings is 1. The Morgan fingerprint density at radius 2 is 1.93 bits per heavy atom. The summed E-state index contributed by atoms with van der Waals surface area (Å²) in [7, 11) is 0. The van der Waals surface area contributed by atoms with Crippen LogP contribution >= 0.6 is 11.8 Å². The monoisotopic (exact) mass is 202 g/mol. The van der Waals surface area contributed by atoms with Gasteiger partial charge in [-0.15, -0.1) is 11.8 Å². The Labute approximate surface area is 87.5 Å². The van der Waals surface area contributed by atoms with Gasteiger partial charge in [0.15, 0.2) is 0 Å². The number of thioether (sulfide) groups is 1. The molecule has 2 atom stereocenters. The van der Waals surface area contributed by atoms with Crippen LogP contribution in [0.5, 0.6) is 5.75 Å². The summed E-state index contributed by atoms with van der Waals surface area (Å²) in [6.45, 7) is 0. The Morgan fingerprint density at radius 3 is 2.93 bits per heavy atom. The number of allylic oxidation sites excluding steroid dienone is 2. The summed E-state index contributed by atoms with van der Waals surface area (Å²) in [6.07, 6.45) is 8.67. The first-order chi connectivity index (χ1) is 6.93. The average Bonchev–Trinajstić information content (AvgIpc) is 2.26. The quantitative estimate of drug-likeness (QED) is 0.639. The van der Waals surface area contributed by atoms with Crippen LogP contribution < -0.4 is 4.74 Å². The zero-order valence-corrected chi connectivity index (χ0v) is 8.41. The molecule has 0 bridgehead atoms. The van der Waals surface area contributed by atoms with E-state index in [1.54, 1.807) is 0 Å². The van der Waals surface area contributed by atoms with E-state index in [1.807, 2.05) is 23.9 Å². The maximum absolute atomic E-state index is 5.88. The molecule has 0 saturated heterocycles. The fourth-order valence-corrected chi connectivity index (χ4v) is 2.85. The zero-order valence-electron chi connectivity index (χ0n) is 7.59. The van der Waals surface area contributed by atoms with E-state index in [0.717, 1.165) is 5.75 Å². The first-order valence-electron chi connectivity index (χ1n) is 4.71. The lowest BCUT2D eigenvalue weighted by Gasteiger charge is -2.30. The van der Waals surface area contributed by atoms with Gasteiger partial charge in [0, 0.05) is 0 Å². The van der Waals surface area contributed by atoms with Crippen molar-refractivity contribution in [1.29, 1.82) is 0 Å². The standard InChI is InChI=1S/C12H10OS/c1-3-7-11-9(5-1)13-10-6-2-4-8-12(10)14-11/h1-9,11H. The third-order valence-corrected chi connectivity index (χ3v) is 3.70. The Balaban J connectivity index is 2.00. The maximum Gasteiger partial charge on any atom is 0.133 e. The molecule has 0 N–H and O–H groups in total. The molecule has 1 heterocycles. The van der Waals surface area contributed by atoms with Gasteiger partial charge in [-0.05, 0) is 18.2 Å². The lowest BCUT2D eigenvalue weighted by atomic mass is 10.1. The van der Waals surface area contributed by atoms with Crippen molar-refractivity contribution < 1.29 is 4.74 Å². The summed E-state index contributed by atoms with van der Waals surface area (Å²) < 4.78 is 5.88. The van der Waals surface area contributed by atoms with E-state index in [4.69, 9.17) is 4.74 Å². The smallest absolute Gasteiger partial charge is 0.133 e. The van der Waals surface area contributed by atoms with Crippen molar-refractivity contribution in [1.82, 2.24) is 0 Å². The largest absolute Gasteiger partial charge is 0.484 e. The highest BCUT2D eigenvalue weighted by Crippen LogP contribution is 2.41. The minimum atomic E-state index is 0.208. The SMILES string of the molecule is C1=CC2Oc3ccccc3SC2C=C1. The third-order valence-electron chi connectivity index (χ3n) is 2.41. The van der Waals surface area contributed by atoms with E-state index >= 15 is 0 Å². The molecule has 2 aliphatic rings. The predicted molar refractivity (Wildman–Crippen MR) is 58.8 cm³/mol. The van der Waals surface area contributed by atoms with Crippen LogP contribution in [0.15, 0.2) is 53.5 Å². The van der Waals surface area contributed by atoms with E-state index in [-0.39, 0.29) is 6.10 Å². The van der Waals surface area contributed by atoms with Gasteiger partial charge in [0.05, 0.1) is 10.1 Å². The molecular weight excluding hydrogens is 192 g/mol. The summed E-state index contributed by atoms with van der Waals surface area (Å²) >= 11 is 1.88. The third kappa shape index (κ3) is 1.26. The highest BCUT2D eigenvalue weighted by Gasteiger charge is 2.27. The molecule has 0 amide bonds. The zero-order chi connectivity index (χ0) is 9.38. The molecule has 1 aliphatic heterocycles. The van der Waals surface area contributed by atoms with Gasteiger partial charge in [-0.3, -0.25) is 0 Å². The van der Waals surface area contributed by atoms with E-state index in [1.165, 1.54) is 4.90 Å². The molecule has 1 aromatic rings. The van der Waals surface area contributed by atoms with Gasteiger partial charge < -0.3 is 4.74 Å². The molecule has 2 heteroatoms. The highest BCUT2D eigenvalue weighted by atomic mass is 32.2. The second kappa shape index (κ2) is 3.21. The van der Waals surface area contributed by atoms with Gasteiger partial charge in [0.1, 0.15) is 11.9 Å². The normalized spacial score (nSPS) is 27.7. The second-order valence-electron chi connectivity index (χ2n) is 3.38. The molecular formula is C12H10OS. The molecule has 0 fully saturated rings. The highest BCUT2D eigenvalue weighted by molar-refractivity contribution is 8.00. The molecule has 0 saturated carbocycles. The number of rotatable bonds is 0. The van der Waals surface area contributed by atoms with E-state index in [0.29, 0.717) is 5.25 Å². The van der Waals surface area contributed by atoms with Crippen LogP contribution in [0, 0.1) is 0 Å². The van der Waals surface area contributed by atoms with Crippen LogP contribution in [0.4, 0.5) is 0 Å². The predicted octanol–water partition coefficient (Wildman–Crippen LogP) is 3.03. The van der Waals surface area contributed by atoms with E-state index < -0.39 is 0 Å². The van der Waals surface area contributed by atoms with Crippen LogP contribution in [-0.4, -0.2) is 11.4 Å². The van der Waals surface area contributed by atoms with Crippen molar-refractivity contribution in [3.63, 3.8) is 0 Å². The molecule has 70 valence electrons. The molecule has 1 aromatic carbocycles. The molecule has 2 unspecified atom stereocenters. The van der Waals surface area contributed by atoms with Crippen LogP contribution in [0.25, 0.3) is 0 Å². The summed E-state index contributed by atoms with van der Waals surface area (Å²) in [5.74, 6) is 1.01. The topological polar surface area (TPSA) is 9.23 Å². The van der Waals surface area contributed by atoms with Crippen LogP contribution in [-0.2, 0) is 0 Å². The first-order valence-corrected chi connectivity index (χ1v) is 5.59. The molecule has 1 aliphatic carbocycles. The van der Waals surface area contributed by atoms with Crippen molar-refractivity contribution >= 4 is 11.8 Å². The van der Waals surface area contributed by atoms with Crippen molar-refractivity contribution in [2.24, 2.45) is 0 Å². The van der Waals surface area contributed by atoms with Gasteiger partial charge in [-0.25, -0.2) is 0 Å². The lowest BCUT2D eigenvalue weighted by Crippen LogP contribution is -2.30. The fourth-order valence-electron chi connectivity index (χ4n) is 1.72. The maximum atomic E-state index is 5.88. The average molecular weight is 202 g/mol. The van der Waals surface area contributed by atoms with Gasteiger partial charge in [-0.1, -0.05) is 30.4 Å². The molecule has 1 nitrogen and oxygen atoms in total. The van der Waals surface area contributed by atoms with Crippen molar-refractivity contribution in [3.05, 3.63) is 48.6 Å². The fraction of sp³-hybridized carbons (Fsp3) is 0.167. The van der Waals surface area contributed by atoms with Crippen molar-refractivity contribution in [3.8, 4) is 5.75 Å². The summed E-state index contributed by atoms with van der Waals surface area (Å²) in [4.78, 5) is 1.24. The van der Waals surface area contributed by atoms with E-state index in [9.17, 15) is 0 Å². The molecule has 3 rings (SSSR count). The van der Waals surface area contributed by atoms with Crippen molar-refractivity contribution in [2.45, 2.75) is 16.2 Å². The summed E-state index contributed by atoms with van der Waals surface area (Å²) in [5, 5.41) is 0.440.